The molecule has 0 amide bonds. The van der Waals surface area contributed by atoms with Crippen LogP contribution in [0.1, 0.15) is 16.7 Å². The first-order valence-corrected chi connectivity index (χ1v) is 11.2. The number of rotatable bonds is 5. The Morgan fingerprint density at radius 1 is 0.788 bits per heavy atom. The maximum absolute atomic E-state index is 14.8. The number of aromatic amines is 1. The molecular weight excluding hydrogens is 481 g/mol. The average molecular weight is 500 g/mol. The fourth-order valence-electron chi connectivity index (χ4n) is 4.36. The summed E-state index contributed by atoms with van der Waals surface area (Å²) in [6.45, 7) is 0. The third-order valence-electron chi connectivity index (χ3n) is 5.78. The number of aromatic nitrogens is 3. The van der Waals surface area contributed by atoms with E-state index in [-0.39, 0.29) is 11.5 Å². The van der Waals surface area contributed by atoms with Crippen LogP contribution in [0.3, 0.4) is 0 Å². The highest BCUT2D eigenvalue weighted by Crippen LogP contribution is 2.40. The lowest BCUT2D eigenvalue weighted by Gasteiger charge is -2.35. The third-order valence-corrected chi connectivity index (χ3v) is 6.27. The van der Waals surface area contributed by atoms with E-state index in [2.05, 4.69) is 26.0 Å². The first-order valence-electron chi connectivity index (χ1n) is 10.4. The molecule has 162 valence electrons. The second-order valence-electron chi connectivity index (χ2n) is 7.65. The van der Waals surface area contributed by atoms with Gasteiger partial charge in [0.1, 0.15) is 17.7 Å². The van der Waals surface area contributed by atoms with Gasteiger partial charge in [-0.2, -0.15) is 9.78 Å². The summed E-state index contributed by atoms with van der Waals surface area (Å²) in [6.07, 6.45) is 1.39. The topological polar surface area (TPSA) is 50.7 Å². The number of nitrogens with zero attached hydrogens (tertiary/aromatic N) is 2. The van der Waals surface area contributed by atoms with Crippen LogP contribution in [0.25, 0.3) is 11.1 Å². The van der Waals surface area contributed by atoms with Gasteiger partial charge >= 0.3 is 5.69 Å². The summed E-state index contributed by atoms with van der Waals surface area (Å²) in [5.74, 6) is -0.330. The quantitative estimate of drug-likeness (QED) is 0.302. The predicted molar refractivity (Wildman–Crippen MR) is 131 cm³/mol. The van der Waals surface area contributed by atoms with Gasteiger partial charge in [0.15, 0.2) is 0 Å². The van der Waals surface area contributed by atoms with Crippen molar-refractivity contribution in [3.05, 3.63) is 147 Å². The van der Waals surface area contributed by atoms with E-state index >= 15 is 0 Å². The van der Waals surface area contributed by atoms with Crippen LogP contribution in [-0.2, 0) is 5.54 Å². The van der Waals surface area contributed by atoms with Crippen LogP contribution >= 0.6 is 15.9 Å². The summed E-state index contributed by atoms with van der Waals surface area (Å²) in [5, 5.41) is 4.42. The fourth-order valence-corrected chi connectivity index (χ4v) is 4.69. The number of benzene rings is 4. The fraction of sp³-hybridized carbons (Fsp3) is 0.0370. The summed E-state index contributed by atoms with van der Waals surface area (Å²) >= 11 is 3.32. The van der Waals surface area contributed by atoms with E-state index in [1.54, 1.807) is 6.07 Å². The summed E-state index contributed by atoms with van der Waals surface area (Å²) in [4.78, 5) is 15.7. The van der Waals surface area contributed by atoms with Crippen LogP contribution < -0.4 is 5.69 Å². The molecule has 0 radical (unpaired) electrons. The highest BCUT2D eigenvalue weighted by atomic mass is 79.9. The highest BCUT2D eigenvalue weighted by Gasteiger charge is 2.41. The minimum absolute atomic E-state index is 0.330. The average Bonchev–Trinajstić information content (AvgIpc) is 3.27. The summed E-state index contributed by atoms with van der Waals surface area (Å²) < 4.78 is 17.0. The van der Waals surface area contributed by atoms with Crippen LogP contribution in [-0.4, -0.2) is 14.8 Å². The molecule has 0 aliphatic carbocycles. The maximum Gasteiger partial charge on any atom is 0.344 e. The number of H-pyrrole nitrogens is 1. The molecule has 0 spiro atoms. The maximum atomic E-state index is 14.8. The Balaban J connectivity index is 1.86. The van der Waals surface area contributed by atoms with Crippen LogP contribution in [0.5, 0.6) is 0 Å². The minimum atomic E-state index is -1.07. The van der Waals surface area contributed by atoms with Gasteiger partial charge in [-0.1, -0.05) is 101 Å². The molecule has 0 fully saturated rings. The molecule has 0 aliphatic heterocycles. The minimum Gasteiger partial charge on any atom is -0.295 e. The molecule has 1 heterocycles. The molecule has 4 aromatic carbocycles. The van der Waals surface area contributed by atoms with E-state index < -0.39 is 5.54 Å². The Morgan fingerprint density at radius 2 is 1.42 bits per heavy atom. The van der Waals surface area contributed by atoms with Gasteiger partial charge in [-0.25, -0.2) is 9.18 Å². The lowest BCUT2D eigenvalue weighted by molar-refractivity contribution is 0.444. The normalized spacial score (nSPS) is 11.5. The van der Waals surface area contributed by atoms with Gasteiger partial charge in [-0.15, -0.1) is 0 Å². The Morgan fingerprint density at radius 3 is 2.00 bits per heavy atom. The molecule has 0 unspecified atom stereocenters. The number of halogens is 2. The van der Waals surface area contributed by atoms with E-state index in [1.165, 1.54) is 17.1 Å². The molecule has 0 saturated carbocycles. The zero-order valence-electron chi connectivity index (χ0n) is 17.5. The third kappa shape index (κ3) is 3.62. The van der Waals surface area contributed by atoms with Crippen LogP contribution in [0.15, 0.2) is 119 Å². The molecule has 0 aliphatic rings. The van der Waals surface area contributed by atoms with Crippen molar-refractivity contribution in [2.75, 3.05) is 0 Å². The lowest BCUT2D eigenvalue weighted by atomic mass is 9.76. The zero-order valence-corrected chi connectivity index (χ0v) is 19.0. The van der Waals surface area contributed by atoms with Gasteiger partial charge in [0.2, 0.25) is 0 Å². The first-order chi connectivity index (χ1) is 16.1. The number of nitrogens with one attached hydrogen (secondary N) is 1. The monoisotopic (exact) mass is 499 g/mol. The van der Waals surface area contributed by atoms with Crippen molar-refractivity contribution in [3.63, 3.8) is 0 Å². The van der Waals surface area contributed by atoms with Crippen LogP contribution in [0, 0.1) is 5.82 Å². The molecule has 0 saturated heterocycles. The van der Waals surface area contributed by atoms with Crippen molar-refractivity contribution in [1.82, 2.24) is 14.8 Å². The summed E-state index contributed by atoms with van der Waals surface area (Å²) in [7, 11) is 0. The molecule has 33 heavy (non-hydrogen) atoms. The molecule has 5 aromatic rings. The standard InChI is InChI=1S/C27H19BrFN3O/c28-23-14-15-24(25(29)17-23)19-8-7-13-22(16-19)27(20-9-3-1-4-10-20,21-11-5-2-6-12-21)32-26(33)30-18-31-32/h1-18H,(H,30,31,33). The molecule has 1 aromatic heterocycles. The Hall–Kier alpha value is -3.77. The first kappa shape index (κ1) is 21.1. The van der Waals surface area contributed by atoms with Crippen molar-refractivity contribution >= 4 is 15.9 Å². The van der Waals surface area contributed by atoms with E-state index in [4.69, 9.17) is 0 Å². The van der Waals surface area contributed by atoms with E-state index in [0.29, 0.717) is 15.6 Å². The van der Waals surface area contributed by atoms with Crippen LogP contribution in [0.4, 0.5) is 4.39 Å². The molecule has 0 atom stereocenters. The second kappa shape index (κ2) is 8.64. The van der Waals surface area contributed by atoms with Gasteiger partial charge in [0.05, 0.1) is 0 Å². The van der Waals surface area contributed by atoms with Crippen molar-refractivity contribution in [2.45, 2.75) is 5.54 Å². The highest BCUT2D eigenvalue weighted by molar-refractivity contribution is 9.10. The zero-order chi connectivity index (χ0) is 22.8. The smallest absolute Gasteiger partial charge is 0.295 e. The molecule has 0 bridgehead atoms. The summed E-state index contributed by atoms with van der Waals surface area (Å²) in [5.41, 5.74) is 2.28. The number of hydrogen-bond acceptors (Lipinski definition) is 2. The molecule has 4 nitrogen and oxygen atoms in total. The Bertz CT molecular complexity index is 1420. The molecule has 6 heteroatoms. The van der Waals surface area contributed by atoms with Crippen molar-refractivity contribution in [2.24, 2.45) is 0 Å². The lowest BCUT2D eigenvalue weighted by Crippen LogP contribution is -2.44. The van der Waals surface area contributed by atoms with Gasteiger partial charge in [0, 0.05) is 10.0 Å². The molecule has 5 rings (SSSR count). The van der Waals surface area contributed by atoms with Crippen molar-refractivity contribution in [1.29, 1.82) is 0 Å². The Labute approximate surface area is 198 Å². The SMILES string of the molecule is O=c1[nH]cnn1C(c1ccccc1)(c1ccccc1)c1cccc(-c2ccc(Br)cc2F)c1. The van der Waals surface area contributed by atoms with Gasteiger partial charge < -0.3 is 0 Å². The van der Waals surface area contributed by atoms with Gasteiger partial charge in [0.25, 0.3) is 0 Å². The van der Waals surface area contributed by atoms with Gasteiger partial charge in [-0.05, 0) is 40.5 Å². The molecular formula is C27H19BrFN3O. The van der Waals surface area contributed by atoms with Crippen molar-refractivity contribution < 1.29 is 4.39 Å². The Kier molecular flexibility index (Phi) is 5.52. The van der Waals surface area contributed by atoms with Crippen LogP contribution in [0.2, 0.25) is 0 Å². The van der Waals surface area contributed by atoms with E-state index in [9.17, 15) is 9.18 Å². The van der Waals surface area contributed by atoms with Gasteiger partial charge in [-0.3, -0.25) is 4.98 Å². The predicted octanol–water partition coefficient (Wildman–Crippen LogP) is 5.98. The van der Waals surface area contributed by atoms with Crippen molar-refractivity contribution in [3.8, 4) is 11.1 Å². The number of hydrogen-bond donors (Lipinski definition) is 1. The van der Waals surface area contributed by atoms with E-state index in [1.807, 2.05) is 91.0 Å². The molecule has 1 N–H and O–H groups in total. The second-order valence-corrected chi connectivity index (χ2v) is 8.57. The largest absolute Gasteiger partial charge is 0.344 e. The summed E-state index contributed by atoms with van der Waals surface area (Å²) in [6, 6.07) is 32.1. The van der Waals surface area contributed by atoms with E-state index in [0.717, 1.165) is 16.7 Å².